The Kier molecular flexibility index (Phi) is 8.53. The maximum Gasteiger partial charge on any atom is 0.330 e. The molecule has 9 heteroatoms. The van der Waals surface area contributed by atoms with Gasteiger partial charge in [0.15, 0.2) is 5.69 Å². The maximum absolute atomic E-state index is 13.3. The molecular weight excluding hydrogens is 446 g/mol. The third-order valence-corrected chi connectivity index (χ3v) is 6.02. The van der Waals surface area contributed by atoms with E-state index in [1.165, 1.54) is 9.47 Å². The molecule has 1 aliphatic carbocycles. The van der Waals surface area contributed by atoms with Crippen LogP contribution in [0.3, 0.4) is 0 Å². The molecule has 2 aromatic rings. The fourth-order valence-electron chi connectivity index (χ4n) is 4.23. The highest BCUT2D eigenvalue weighted by atomic mass is 16.2. The number of nitrogens with zero attached hydrogens (tertiary/aromatic N) is 2. The van der Waals surface area contributed by atoms with Gasteiger partial charge in [0.2, 0.25) is 11.8 Å². The van der Waals surface area contributed by atoms with Gasteiger partial charge in [-0.15, -0.1) is 0 Å². The van der Waals surface area contributed by atoms with E-state index in [4.69, 9.17) is 5.73 Å². The lowest BCUT2D eigenvalue weighted by atomic mass is 10.0. The number of anilines is 2. The van der Waals surface area contributed by atoms with Crippen LogP contribution in [0, 0.1) is 17.8 Å². The number of nitrogens with two attached hydrogens (primary N) is 1. The molecule has 0 saturated heterocycles. The number of rotatable bonds is 11. The number of amides is 2. The highest BCUT2D eigenvalue weighted by molar-refractivity contribution is 5.97. The number of carbonyl (C=O) groups is 2. The first-order chi connectivity index (χ1) is 16.6. The van der Waals surface area contributed by atoms with Crippen molar-refractivity contribution in [2.24, 2.45) is 17.8 Å². The smallest absolute Gasteiger partial charge is 0.330 e. The van der Waals surface area contributed by atoms with Crippen LogP contribution in [0.1, 0.15) is 65.0 Å². The second-order valence-corrected chi connectivity index (χ2v) is 10.2. The summed E-state index contributed by atoms with van der Waals surface area (Å²) in [5.41, 5.74) is 5.96. The Morgan fingerprint density at radius 2 is 1.74 bits per heavy atom. The van der Waals surface area contributed by atoms with Gasteiger partial charge in [-0.1, -0.05) is 58.0 Å². The summed E-state index contributed by atoms with van der Waals surface area (Å²) >= 11 is 0. The Morgan fingerprint density at radius 1 is 1.09 bits per heavy atom. The van der Waals surface area contributed by atoms with Crippen LogP contribution < -0.4 is 27.2 Å². The van der Waals surface area contributed by atoms with Crippen LogP contribution in [-0.4, -0.2) is 27.9 Å². The predicted molar refractivity (Wildman–Crippen MR) is 137 cm³/mol. The van der Waals surface area contributed by atoms with E-state index in [9.17, 15) is 19.2 Å². The van der Waals surface area contributed by atoms with E-state index in [-0.39, 0.29) is 60.6 Å². The monoisotopic (exact) mass is 483 g/mol. The van der Waals surface area contributed by atoms with Gasteiger partial charge in [-0.25, -0.2) is 4.79 Å². The highest BCUT2D eigenvalue weighted by Gasteiger charge is 2.33. The minimum Gasteiger partial charge on any atom is -0.383 e. The average molecular weight is 484 g/mol. The molecule has 9 nitrogen and oxygen atoms in total. The number of nitrogen functional groups attached to an aromatic ring is 1. The number of nitrogens with one attached hydrogen (secondary N) is 2. The van der Waals surface area contributed by atoms with Crippen molar-refractivity contribution in [1.82, 2.24) is 14.9 Å². The highest BCUT2D eigenvalue weighted by Crippen LogP contribution is 2.41. The number of carbonyl (C=O) groups excluding carboxylic acids is 2. The van der Waals surface area contributed by atoms with Crippen LogP contribution in [0.4, 0.5) is 11.5 Å². The van der Waals surface area contributed by atoms with Gasteiger partial charge in [0.05, 0.1) is 6.04 Å². The van der Waals surface area contributed by atoms with Crippen molar-refractivity contribution in [3.05, 3.63) is 56.7 Å². The summed E-state index contributed by atoms with van der Waals surface area (Å²) in [6.07, 6.45) is 2.05. The molecule has 1 heterocycles. The normalized spacial score (nSPS) is 14.2. The van der Waals surface area contributed by atoms with Crippen LogP contribution in [-0.2, 0) is 16.1 Å². The van der Waals surface area contributed by atoms with E-state index in [0.717, 1.165) is 18.4 Å². The zero-order valence-corrected chi connectivity index (χ0v) is 21.0. The van der Waals surface area contributed by atoms with Crippen molar-refractivity contribution in [1.29, 1.82) is 0 Å². The van der Waals surface area contributed by atoms with Crippen LogP contribution in [0.15, 0.2) is 39.9 Å². The molecule has 1 aromatic heterocycles. The lowest BCUT2D eigenvalue weighted by molar-refractivity contribution is -0.125. The Morgan fingerprint density at radius 3 is 2.31 bits per heavy atom. The molecule has 0 bridgehead atoms. The third kappa shape index (κ3) is 6.83. The van der Waals surface area contributed by atoms with Gasteiger partial charge in [0.25, 0.3) is 5.56 Å². The van der Waals surface area contributed by atoms with Gasteiger partial charge in [0.1, 0.15) is 5.82 Å². The van der Waals surface area contributed by atoms with E-state index in [0.29, 0.717) is 12.5 Å². The SMILES string of the molecule is CC(C)CN(C(=O)CCC(=O)N[C@H](c1ccccc1)C1CC1)c1c(N)n(CC(C)C)c(=O)[nH]c1=O. The average Bonchev–Trinajstić information content (AvgIpc) is 3.63. The minimum atomic E-state index is -0.705. The third-order valence-electron chi connectivity index (χ3n) is 6.02. The fraction of sp³-hybridized carbons (Fsp3) is 0.538. The van der Waals surface area contributed by atoms with Crippen molar-refractivity contribution in [2.75, 3.05) is 17.2 Å². The van der Waals surface area contributed by atoms with Crippen molar-refractivity contribution in [3.63, 3.8) is 0 Å². The largest absolute Gasteiger partial charge is 0.383 e. The second kappa shape index (κ2) is 11.4. The first-order valence-corrected chi connectivity index (χ1v) is 12.4. The van der Waals surface area contributed by atoms with Gasteiger partial charge in [0, 0.05) is 25.9 Å². The van der Waals surface area contributed by atoms with E-state index >= 15 is 0 Å². The van der Waals surface area contributed by atoms with Crippen LogP contribution >= 0.6 is 0 Å². The molecule has 0 spiro atoms. The van der Waals surface area contributed by atoms with Crippen molar-refractivity contribution in [2.45, 2.75) is 66.0 Å². The molecule has 1 aromatic carbocycles. The summed E-state index contributed by atoms with van der Waals surface area (Å²) in [6, 6.07) is 9.77. The lowest BCUT2D eigenvalue weighted by Crippen LogP contribution is -2.43. The zero-order valence-electron chi connectivity index (χ0n) is 21.0. The number of benzene rings is 1. The standard InChI is InChI=1S/C26H37N5O4/c1-16(2)14-30(23-24(27)31(15-17(3)4)26(35)29-25(23)34)21(33)13-12-20(32)28-22(19-10-11-19)18-8-6-5-7-9-18/h5-9,16-17,19,22H,10-15,27H2,1-4H3,(H,28,32)(H,29,34,35)/t22-/m1/s1. The minimum absolute atomic E-state index is 0.00702. The number of hydrogen-bond acceptors (Lipinski definition) is 5. The van der Waals surface area contributed by atoms with Gasteiger partial charge < -0.3 is 16.0 Å². The summed E-state index contributed by atoms with van der Waals surface area (Å²) in [5.74, 6) is -0.0810. The molecule has 35 heavy (non-hydrogen) atoms. The lowest BCUT2D eigenvalue weighted by Gasteiger charge is -2.26. The predicted octanol–water partition coefficient (Wildman–Crippen LogP) is 2.81. The Hall–Kier alpha value is -3.36. The fourth-order valence-corrected chi connectivity index (χ4v) is 4.23. The number of H-pyrrole nitrogens is 1. The summed E-state index contributed by atoms with van der Waals surface area (Å²) in [6.45, 7) is 8.24. The van der Waals surface area contributed by atoms with E-state index in [1.807, 2.05) is 58.0 Å². The second-order valence-electron chi connectivity index (χ2n) is 10.2. The molecule has 0 aliphatic heterocycles. The number of hydrogen-bond donors (Lipinski definition) is 3. The number of aromatic amines is 1. The van der Waals surface area contributed by atoms with E-state index in [1.54, 1.807) is 0 Å². The topological polar surface area (TPSA) is 130 Å². The quantitative estimate of drug-likeness (QED) is 0.452. The molecule has 4 N–H and O–H groups in total. The summed E-state index contributed by atoms with van der Waals surface area (Å²) in [4.78, 5) is 54.7. The first kappa shape index (κ1) is 26.2. The molecule has 3 rings (SSSR count). The summed E-state index contributed by atoms with van der Waals surface area (Å²) in [5, 5.41) is 3.08. The maximum atomic E-state index is 13.3. The summed E-state index contributed by atoms with van der Waals surface area (Å²) < 4.78 is 1.29. The first-order valence-electron chi connectivity index (χ1n) is 12.4. The van der Waals surface area contributed by atoms with Gasteiger partial charge in [-0.05, 0) is 36.2 Å². The molecule has 1 fully saturated rings. The Bertz CT molecular complexity index is 1150. The molecule has 190 valence electrons. The molecule has 2 amide bonds. The van der Waals surface area contributed by atoms with Gasteiger partial charge >= 0.3 is 5.69 Å². The van der Waals surface area contributed by atoms with Gasteiger partial charge in [-0.3, -0.25) is 23.9 Å². The molecule has 1 atom stereocenters. The van der Waals surface area contributed by atoms with E-state index < -0.39 is 11.2 Å². The Balaban J connectivity index is 1.77. The van der Waals surface area contributed by atoms with E-state index in [2.05, 4.69) is 10.3 Å². The van der Waals surface area contributed by atoms with Crippen molar-refractivity contribution < 1.29 is 9.59 Å². The van der Waals surface area contributed by atoms with Crippen molar-refractivity contribution >= 4 is 23.3 Å². The van der Waals surface area contributed by atoms with Gasteiger partial charge in [-0.2, -0.15) is 0 Å². The molecular formula is C26H37N5O4. The van der Waals surface area contributed by atoms with Crippen LogP contribution in [0.2, 0.25) is 0 Å². The molecule has 0 radical (unpaired) electrons. The summed E-state index contributed by atoms with van der Waals surface area (Å²) in [7, 11) is 0. The number of aromatic nitrogens is 2. The van der Waals surface area contributed by atoms with Crippen molar-refractivity contribution in [3.8, 4) is 0 Å². The van der Waals surface area contributed by atoms with Crippen LogP contribution in [0.5, 0.6) is 0 Å². The molecule has 1 aliphatic rings. The molecule has 0 unspecified atom stereocenters. The van der Waals surface area contributed by atoms with Crippen LogP contribution in [0.25, 0.3) is 0 Å². The Labute approximate surface area is 205 Å². The zero-order chi connectivity index (χ0) is 25.7. The molecule has 1 saturated carbocycles.